The maximum Gasteiger partial charge on any atom is 0.195 e. The van der Waals surface area contributed by atoms with Crippen LogP contribution >= 0.6 is 0 Å². The highest BCUT2D eigenvalue weighted by atomic mass is 19.2. The number of halogens is 3. The molecule has 6 heteroatoms. The molecule has 1 aromatic heterocycles. The number of rotatable bonds is 3. The average Bonchev–Trinajstić information content (AvgIpc) is 2.95. The first-order chi connectivity index (χ1) is 10.6. The second-order valence-corrected chi connectivity index (χ2v) is 4.73. The molecule has 3 rings (SSSR count). The van der Waals surface area contributed by atoms with Gasteiger partial charge in [-0.05, 0) is 18.2 Å². The number of imidazole rings is 1. The quantitative estimate of drug-likeness (QED) is 0.749. The number of nitrogens with zero attached hydrogens (tertiary/aromatic N) is 2. The van der Waals surface area contributed by atoms with Crippen molar-refractivity contribution in [2.75, 3.05) is 0 Å². The lowest BCUT2D eigenvalue weighted by atomic mass is 10.1. The lowest BCUT2D eigenvalue weighted by Crippen LogP contribution is -2.04. The van der Waals surface area contributed by atoms with Crippen LogP contribution in [0.3, 0.4) is 0 Å². The van der Waals surface area contributed by atoms with Crippen LogP contribution < -0.4 is 0 Å². The molecule has 0 atom stereocenters. The lowest BCUT2D eigenvalue weighted by molar-refractivity contribution is 0.448. The highest BCUT2D eigenvalue weighted by molar-refractivity contribution is 5.57. The first kappa shape index (κ1) is 14.2. The highest BCUT2D eigenvalue weighted by Crippen LogP contribution is 2.26. The minimum atomic E-state index is -1.53. The number of phenolic OH excluding ortho intramolecular Hbond substituents is 1. The van der Waals surface area contributed by atoms with E-state index >= 15 is 0 Å². The monoisotopic (exact) mass is 304 g/mol. The molecular formula is C16H11F3N2O. The molecule has 2 aromatic carbocycles. The van der Waals surface area contributed by atoms with Crippen LogP contribution in [0, 0.1) is 17.5 Å². The second kappa shape index (κ2) is 5.55. The smallest absolute Gasteiger partial charge is 0.195 e. The zero-order valence-corrected chi connectivity index (χ0v) is 11.3. The zero-order chi connectivity index (χ0) is 15.7. The van der Waals surface area contributed by atoms with Gasteiger partial charge >= 0.3 is 0 Å². The summed E-state index contributed by atoms with van der Waals surface area (Å²) in [5.41, 5.74) is 0.462. The fraction of sp³-hybridized carbons (Fsp3) is 0.0625. The van der Waals surface area contributed by atoms with E-state index in [2.05, 4.69) is 4.98 Å². The van der Waals surface area contributed by atoms with Crippen molar-refractivity contribution in [1.82, 2.24) is 9.55 Å². The van der Waals surface area contributed by atoms with Crippen molar-refractivity contribution in [1.29, 1.82) is 0 Å². The number of aromatic hydroxyl groups is 1. The molecule has 0 aliphatic carbocycles. The van der Waals surface area contributed by atoms with Gasteiger partial charge in [-0.1, -0.05) is 18.2 Å². The molecule has 0 radical (unpaired) electrons. The molecule has 22 heavy (non-hydrogen) atoms. The van der Waals surface area contributed by atoms with E-state index in [9.17, 15) is 18.3 Å². The van der Waals surface area contributed by atoms with Crippen LogP contribution in [0.25, 0.3) is 11.4 Å². The Hall–Kier alpha value is -2.76. The summed E-state index contributed by atoms with van der Waals surface area (Å²) < 4.78 is 41.9. The number of benzene rings is 2. The summed E-state index contributed by atoms with van der Waals surface area (Å²) in [6.45, 7) is 0.223. The van der Waals surface area contributed by atoms with Gasteiger partial charge in [0.1, 0.15) is 11.6 Å². The van der Waals surface area contributed by atoms with E-state index in [1.54, 1.807) is 29.0 Å². The number of hydrogen-bond acceptors (Lipinski definition) is 2. The summed E-state index contributed by atoms with van der Waals surface area (Å²) in [6.07, 6.45) is 3.00. The van der Waals surface area contributed by atoms with Crippen LogP contribution in [0.2, 0.25) is 0 Å². The van der Waals surface area contributed by atoms with E-state index < -0.39 is 17.5 Å². The Bertz CT molecular complexity index is 830. The van der Waals surface area contributed by atoms with E-state index in [1.807, 2.05) is 0 Å². The Morgan fingerprint density at radius 2 is 1.77 bits per heavy atom. The lowest BCUT2D eigenvalue weighted by Gasteiger charge is -2.10. The standard InChI is InChI=1S/C16H11F3N2O/c17-12-6-5-11(14(18)15(12)19)16-20-7-8-21(16)9-10-3-1-2-4-13(10)22/h1-8,22H,9H2. The van der Waals surface area contributed by atoms with Gasteiger partial charge in [-0.2, -0.15) is 0 Å². The van der Waals surface area contributed by atoms with Gasteiger partial charge in [0.2, 0.25) is 0 Å². The Balaban J connectivity index is 2.03. The van der Waals surface area contributed by atoms with Crippen LogP contribution in [-0.2, 0) is 6.54 Å². The highest BCUT2D eigenvalue weighted by Gasteiger charge is 2.18. The van der Waals surface area contributed by atoms with Crippen molar-refractivity contribution in [3.8, 4) is 17.1 Å². The van der Waals surface area contributed by atoms with Crippen LogP contribution in [-0.4, -0.2) is 14.7 Å². The van der Waals surface area contributed by atoms with E-state index in [-0.39, 0.29) is 23.7 Å². The van der Waals surface area contributed by atoms with Crippen molar-refractivity contribution in [3.63, 3.8) is 0 Å². The number of phenols is 1. The van der Waals surface area contributed by atoms with Gasteiger partial charge in [0.05, 0.1) is 12.1 Å². The van der Waals surface area contributed by atoms with Gasteiger partial charge in [-0.3, -0.25) is 0 Å². The summed E-state index contributed by atoms with van der Waals surface area (Å²) in [5.74, 6) is -3.83. The van der Waals surface area contributed by atoms with Crippen LogP contribution in [0.5, 0.6) is 5.75 Å². The van der Waals surface area contributed by atoms with E-state index in [0.717, 1.165) is 12.1 Å². The molecule has 0 bridgehead atoms. The summed E-state index contributed by atoms with van der Waals surface area (Å²) in [4.78, 5) is 4.00. The Morgan fingerprint density at radius 1 is 1.00 bits per heavy atom. The molecule has 0 aliphatic rings. The molecular weight excluding hydrogens is 293 g/mol. The predicted octanol–water partition coefficient (Wildman–Crippen LogP) is 3.72. The summed E-state index contributed by atoms with van der Waals surface area (Å²) in [6, 6.07) is 8.67. The molecule has 0 saturated carbocycles. The van der Waals surface area contributed by atoms with Crippen molar-refractivity contribution >= 4 is 0 Å². The summed E-state index contributed by atoms with van der Waals surface area (Å²) in [5, 5.41) is 9.79. The molecule has 112 valence electrons. The largest absolute Gasteiger partial charge is 0.508 e. The van der Waals surface area contributed by atoms with Crippen molar-refractivity contribution in [2.45, 2.75) is 6.54 Å². The fourth-order valence-electron chi connectivity index (χ4n) is 2.21. The second-order valence-electron chi connectivity index (χ2n) is 4.73. The SMILES string of the molecule is Oc1ccccc1Cn1ccnc1-c1ccc(F)c(F)c1F. The number of para-hydroxylation sites is 1. The van der Waals surface area contributed by atoms with Gasteiger partial charge in [0, 0.05) is 18.0 Å². The van der Waals surface area contributed by atoms with Gasteiger partial charge < -0.3 is 9.67 Å². The van der Waals surface area contributed by atoms with E-state index in [4.69, 9.17) is 0 Å². The van der Waals surface area contributed by atoms with Gasteiger partial charge in [-0.15, -0.1) is 0 Å². The Kier molecular flexibility index (Phi) is 3.58. The average molecular weight is 304 g/mol. The van der Waals surface area contributed by atoms with Crippen molar-refractivity contribution in [3.05, 3.63) is 71.8 Å². The number of aromatic nitrogens is 2. The first-order valence-corrected chi connectivity index (χ1v) is 6.50. The fourth-order valence-corrected chi connectivity index (χ4v) is 2.21. The third-order valence-corrected chi connectivity index (χ3v) is 3.32. The number of hydrogen-bond donors (Lipinski definition) is 1. The third kappa shape index (κ3) is 2.43. The van der Waals surface area contributed by atoms with Crippen LogP contribution in [0.4, 0.5) is 13.2 Å². The maximum absolute atomic E-state index is 13.9. The minimum absolute atomic E-state index is 0.0907. The first-order valence-electron chi connectivity index (χ1n) is 6.50. The van der Waals surface area contributed by atoms with Crippen molar-refractivity contribution < 1.29 is 18.3 Å². The zero-order valence-electron chi connectivity index (χ0n) is 11.3. The van der Waals surface area contributed by atoms with E-state index in [1.165, 1.54) is 12.3 Å². The van der Waals surface area contributed by atoms with Gasteiger partial charge in [-0.25, -0.2) is 18.2 Å². The molecule has 0 saturated heterocycles. The normalized spacial score (nSPS) is 10.9. The topological polar surface area (TPSA) is 38.0 Å². The molecule has 0 amide bonds. The minimum Gasteiger partial charge on any atom is -0.508 e. The van der Waals surface area contributed by atoms with E-state index in [0.29, 0.717) is 5.56 Å². The third-order valence-electron chi connectivity index (χ3n) is 3.32. The maximum atomic E-state index is 13.9. The molecule has 0 fully saturated rings. The Morgan fingerprint density at radius 3 is 2.55 bits per heavy atom. The molecule has 0 unspecified atom stereocenters. The summed E-state index contributed by atoms with van der Waals surface area (Å²) in [7, 11) is 0. The van der Waals surface area contributed by atoms with Crippen LogP contribution in [0.15, 0.2) is 48.8 Å². The predicted molar refractivity (Wildman–Crippen MR) is 74.7 cm³/mol. The van der Waals surface area contributed by atoms with Crippen molar-refractivity contribution in [2.24, 2.45) is 0 Å². The van der Waals surface area contributed by atoms with Crippen LogP contribution in [0.1, 0.15) is 5.56 Å². The molecule has 3 aromatic rings. The summed E-state index contributed by atoms with van der Waals surface area (Å²) >= 11 is 0. The molecule has 1 N–H and O–H groups in total. The Labute approximate surface area is 124 Å². The molecule has 3 nitrogen and oxygen atoms in total. The van der Waals surface area contributed by atoms with Gasteiger partial charge in [0.15, 0.2) is 17.5 Å². The van der Waals surface area contributed by atoms with Gasteiger partial charge in [0.25, 0.3) is 0 Å². The molecule has 1 heterocycles. The molecule has 0 spiro atoms. The molecule has 0 aliphatic heterocycles.